The number of rotatable bonds is 6. The van der Waals surface area contributed by atoms with Crippen LogP contribution >= 0.6 is 46.4 Å². The molecule has 0 saturated carbocycles. The van der Waals surface area contributed by atoms with E-state index in [0.717, 1.165) is 5.56 Å². The Bertz CT molecular complexity index is 1190. The zero-order valence-corrected chi connectivity index (χ0v) is 20.4. The lowest BCUT2D eigenvalue weighted by Gasteiger charge is -2.25. The van der Waals surface area contributed by atoms with E-state index in [4.69, 9.17) is 51.4 Å². The second kappa shape index (κ2) is 10.6. The van der Waals surface area contributed by atoms with Crippen molar-refractivity contribution in [2.75, 3.05) is 17.3 Å². The van der Waals surface area contributed by atoms with Crippen molar-refractivity contribution in [3.8, 4) is 28.5 Å². The SMILES string of the molecule is CC(C)CN(C(=O)CCl)c1nc(-c2ccc(Cl)cc2Cl)c(-c2ccc(Cl)cc2)cc1C#N. The monoisotopic (exact) mass is 505 g/mol. The van der Waals surface area contributed by atoms with Crippen LogP contribution < -0.4 is 4.90 Å². The van der Waals surface area contributed by atoms with Crippen LogP contribution in [-0.2, 0) is 4.79 Å². The van der Waals surface area contributed by atoms with Crippen LogP contribution in [0.25, 0.3) is 22.4 Å². The molecule has 3 aromatic rings. The maximum Gasteiger partial charge on any atom is 0.243 e. The fourth-order valence-electron chi connectivity index (χ4n) is 3.27. The van der Waals surface area contributed by atoms with E-state index in [1.54, 1.807) is 36.4 Å². The second-order valence-corrected chi connectivity index (χ2v) is 9.08. The molecular weight excluding hydrogens is 488 g/mol. The molecule has 4 nitrogen and oxygen atoms in total. The first-order valence-electron chi connectivity index (χ1n) is 9.78. The summed E-state index contributed by atoms with van der Waals surface area (Å²) in [6.07, 6.45) is 0. The third-order valence-electron chi connectivity index (χ3n) is 4.68. The minimum Gasteiger partial charge on any atom is -0.294 e. The molecule has 2 aromatic carbocycles. The number of amides is 1. The van der Waals surface area contributed by atoms with Crippen LogP contribution in [0.5, 0.6) is 0 Å². The summed E-state index contributed by atoms with van der Waals surface area (Å²) in [5, 5.41) is 11.4. The van der Waals surface area contributed by atoms with Crippen molar-refractivity contribution in [1.29, 1.82) is 5.26 Å². The normalized spacial score (nSPS) is 10.8. The summed E-state index contributed by atoms with van der Waals surface area (Å²) < 4.78 is 0. The summed E-state index contributed by atoms with van der Waals surface area (Å²) in [6, 6.07) is 16.2. The van der Waals surface area contributed by atoms with Gasteiger partial charge in [-0.2, -0.15) is 5.26 Å². The molecule has 1 heterocycles. The molecule has 0 fully saturated rings. The Balaban J connectivity index is 2.34. The van der Waals surface area contributed by atoms with E-state index in [0.29, 0.717) is 38.4 Å². The molecular formula is C24H19Cl4N3O. The minimum absolute atomic E-state index is 0.133. The molecule has 0 unspecified atom stereocenters. The first-order valence-corrected chi connectivity index (χ1v) is 11.4. The summed E-state index contributed by atoms with van der Waals surface area (Å²) in [7, 11) is 0. The Morgan fingerprint density at radius 3 is 2.25 bits per heavy atom. The van der Waals surface area contributed by atoms with Gasteiger partial charge in [0.2, 0.25) is 5.91 Å². The van der Waals surface area contributed by atoms with Gasteiger partial charge in [0.15, 0.2) is 5.82 Å². The van der Waals surface area contributed by atoms with Crippen LogP contribution in [0.4, 0.5) is 5.82 Å². The van der Waals surface area contributed by atoms with Gasteiger partial charge >= 0.3 is 0 Å². The Morgan fingerprint density at radius 2 is 1.69 bits per heavy atom. The van der Waals surface area contributed by atoms with Gasteiger partial charge in [0, 0.05) is 27.7 Å². The number of carbonyl (C=O) groups excluding carboxylic acids is 1. The van der Waals surface area contributed by atoms with Gasteiger partial charge in [-0.3, -0.25) is 9.69 Å². The Hall–Kier alpha value is -2.29. The molecule has 8 heteroatoms. The van der Waals surface area contributed by atoms with Crippen molar-refractivity contribution in [2.45, 2.75) is 13.8 Å². The van der Waals surface area contributed by atoms with Gasteiger partial charge in [-0.25, -0.2) is 4.98 Å². The smallest absolute Gasteiger partial charge is 0.243 e. The van der Waals surface area contributed by atoms with Gasteiger partial charge in [-0.05, 0) is 47.9 Å². The standard InChI is InChI=1S/C24H19Cl4N3O/c1-14(2)13-31(22(32)11-25)24-16(12-29)9-20(15-3-5-17(26)6-4-15)23(30-24)19-8-7-18(27)10-21(19)28/h3-10,14H,11,13H2,1-2H3. The van der Waals surface area contributed by atoms with E-state index in [1.807, 2.05) is 26.0 Å². The third kappa shape index (κ3) is 5.36. The maximum atomic E-state index is 12.7. The molecule has 0 aliphatic heterocycles. The van der Waals surface area contributed by atoms with Crippen LogP contribution in [0.15, 0.2) is 48.5 Å². The number of aromatic nitrogens is 1. The number of pyridine rings is 1. The number of benzene rings is 2. The number of hydrogen-bond acceptors (Lipinski definition) is 3. The van der Waals surface area contributed by atoms with E-state index < -0.39 is 0 Å². The van der Waals surface area contributed by atoms with E-state index in [-0.39, 0.29) is 29.1 Å². The minimum atomic E-state index is -0.336. The first kappa shape index (κ1) is 24.4. The quantitative estimate of drug-likeness (QED) is 0.325. The summed E-state index contributed by atoms with van der Waals surface area (Å²) in [5.41, 5.74) is 2.86. The van der Waals surface area contributed by atoms with Crippen molar-refractivity contribution in [2.24, 2.45) is 5.92 Å². The number of nitriles is 1. The maximum absolute atomic E-state index is 12.7. The van der Waals surface area contributed by atoms with Gasteiger partial charge in [0.25, 0.3) is 0 Å². The topological polar surface area (TPSA) is 57.0 Å². The predicted octanol–water partition coefficient (Wildman–Crippen LogP) is 7.48. The molecule has 32 heavy (non-hydrogen) atoms. The first-order chi connectivity index (χ1) is 15.2. The number of anilines is 1. The molecule has 0 N–H and O–H groups in total. The van der Waals surface area contributed by atoms with Crippen LogP contribution in [0, 0.1) is 17.2 Å². The molecule has 3 rings (SSSR count). The van der Waals surface area contributed by atoms with Crippen molar-refractivity contribution in [3.63, 3.8) is 0 Å². The number of alkyl halides is 1. The zero-order chi connectivity index (χ0) is 23.4. The molecule has 1 amide bonds. The van der Waals surface area contributed by atoms with E-state index in [1.165, 1.54) is 4.90 Å². The molecule has 0 spiro atoms. The number of hydrogen-bond donors (Lipinski definition) is 0. The van der Waals surface area contributed by atoms with E-state index >= 15 is 0 Å². The number of nitrogens with zero attached hydrogens (tertiary/aromatic N) is 3. The molecule has 1 aromatic heterocycles. The Morgan fingerprint density at radius 1 is 1.03 bits per heavy atom. The third-order valence-corrected chi connectivity index (χ3v) is 5.71. The summed E-state index contributed by atoms with van der Waals surface area (Å²) in [5.74, 6) is -0.189. The van der Waals surface area contributed by atoms with Gasteiger partial charge in [-0.1, -0.05) is 60.8 Å². The molecule has 0 bridgehead atoms. The van der Waals surface area contributed by atoms with Gasteiger partial charge in [0.05, 0.1) is 16.3 Å². The largest absolute Gasteiger partial charge is 0.294 e. The second-order valence-electron chi connectivity index (χ2n) is 7.53. The predicted molar refractivity (Wildman–Crippen MR) is 133 cm³/mol. The van der Waals surface area contributed by atoms with E-state index in [2.05, 4.69) is 6.07 Å². The lowest BCUT2D eigenvalue weighted by atomic mass is 9.97. The summed E-state index contributed by atoms with van der Waals surface area (Å²) in [4.78, 5) is 18.9. The van der Waals surface area contributed by atoms with Crippen molar-refractivity contribution in [1.82, 2.24) is 4.98 Å². The van der Waals surface area contributed by atoms with Crippen LogP contribution in [-0.4, -0.2) is 23.3 Å². The van der Waals surface area contributed by atoms with E-state index in [9.17, 15) is 10.1 Å². The van der Waals surface area contributed by atoms with Crippen LogP contribution in [0.2, 0.25) is 15.1 Å². The number of halogens is 4. The number of carbonyl (C=O) groups is 1. The van der Waals surface area contributed by atoms with Gasteiger partial charge in [0.1, 0.15) is 11.9 Å². The van der Waals surface area contributed by atoms with Gasteiger partial charge < -0.3 is 0 Å². The highest BCUT2D eigenvalue weighted by atomic mass is 35.5. The summed E-state index contributed by atoms with van der Waals surface area (Å²) >= 11 is 24.5. The van der Waals surface area contributed by atoms with Crippen LogP contribution in [0.1, 0.15) is 19.4 Å². The fourth-order valence-corrected chi connectivity index (χ4v) is 4.04. The van der Waals surface area contributed by atoms with Crippen molar-refractivity contribution >= 4 is 58.1 Å². The average Bonchev–Trinajstić information content (AvgIpc) is 2.77. The van der Waals surface area contributed by atoms with Crippen molar-refractivity contribution in [3.05, 3.63) is 69.2 Å². The van der Waals surface area contributed by atoms with Crippen molar-refractivity contribution < 1.29 is 4.79 Å². The molecule has 0 aliphatic rings. The molecule has 0 saturated heterocycles. The Labute approximate surface area is 207 Å². The lowest BCUT2D eigenvalue weighted by molar-refractivity contribution is -0.116. The molecule has 0 radical (unpaired) electrons. The summed E-state index contributed by atoms with van der Waals surface area (Å²) in [6.45, 7) is 4.31. The molecule has 0 atom stereocenters. The van der Waals surface area contributed by atoms with Gasteiger partial charge in [-0.15, -0.1) is 11.6 Å². The molecule has 164 valence electrons. The molecule has 0 aliphatic carbocycles. The highest BCUT2D eigenvalue weighted by Gasteiger charge is 2.24. The fraction of sp³-hybridized carbons (Fsp3) is 0.208. The zero-order valence-electron chi connectivity index (χ0n) is 17.4. The highest BCUT2D eigenvalue weighted by molar-refractivity contribution is 6.36. The average molecular weight is 507 g/mol. The Kier molecular flexibility index (Phi) is 8.03. The highest BCUT2D eigenvalue weighted by Crippen LogP contribution is 2.39. The lowest BCUT2D eigenvalue weighted by Crippen LogP contribution is -2.36. The van der Waals surface area contributed by atoms with Crippen LogP contribution in [0.3, 0.4) is 0 Å².